The highest BCUT2D eigenvalue weighted by atomic mass is 31.1. The van der Waals surface area contributed by atoms with E-state index >= 15 is 0 Å². The molecular weight excluding hydrogens is 301 g/mol. The lowest BCUT2D eigenvalue weighted by Gasteiger charge is -2.16. The Bertz CT molecular complexity index is 660. The van der Waals surface area contributed by atoms with Gasteiger partial charge in [-0.2, -0.15) is 9.97 Å². The Morgan fingerprint density at radius 2 is 2.27 bits per heavy atom. The standard InChI is InChI=1S/C14H22N5O2P/c1-8(2)22-6-9-4-5-10(21-9)19-7-16-11-12(19)17-14(15)18-13(11)20-3/h7-10,22H,4-6H2,1-3H3,(H2,15,17,18). The summed E-state index contributed by atoms with van der Waals surface area (Å²) in [7, 11) is 2.49. The van der Waals surface area contributed by atoms with E-state index in [-0.39, 0.29) is 12.2 Å². The van der Waals surface area contributed by atoms with Crippen molar-refractivity contribution in [3.8, 4) is 5.88 Å². The molecule has 3 unspecified atom stereocenters. The van der Waals surface area contributed by atoms with Gasteiger partial charge in [-0.1, -0.05) is 13.8 Å². The number of imidazole rings is 1. The monoisotopic (exact) mass is 323 g/mol. The topological polar surface area (TPSA) is 88.1 Å². The van der Waals surface area contributed by atoms with Crippen LogP contribution in [-0.4, -0.2) is 44.6 Å². The number of nitrogen functional groups attached to an aromatic ring is 1. The van der Waals surface area contributed by atoms with E-state index in [1.807, 2.05) is 4.57 Å². The van der Waals surface area contributed by atoms with Crippen molar-refractivity contribution in [2.45, 2.75) is 44.7 Å². The third-order valence-electron chi connectivity index (χ3n) is 3.75. The van der Waals surface area contributed by atoms with Gasteiger partial charge < -0.3 is 15.2 Å². The normalized spacial score (nSPS) is 22.4. The van der Waals surface area contributed by atoms with Crippen LogP contribution in [0.4, 0.5) is 5.95 Å². The average Bonchev–Trinajstić information content (AvgIpc) is 3.10. The number of aromatic nitrogens is 4. The summed E-state index contributed by atoms with van der Waals surface area (Å²) in [5.74, 6) is 0.582. The third kappa shape index (κ3) is 3.01. The molecule has 22 heavy (non-hydrogen) atoms. The molecule has 0 amide bonds. The third-order valence-corrected chi connectivity index (χ3v) is 5.26. The Kier molecular flexibility index (Phi) is 4.45. The molecule has 1 saturated heterocycles. The number of rotatable bonds is 5. The minimum Gasteiger partial charge on any atom is -0.479 e. The number of nitrogens with two attached hydrogens (primary N) is 1. The van der Waals surface area contributed by atoms with E-state index in [1.54, 1.807) is 13.4 Å². The minimum atomic E-state index is -0.0361. The van der Waals surface area contributed by atoms with Crippen molar-refractivity contribution in [1.29, 1.82) is 0 Å². The van der Waals surface area contributed by atoms with Crippen LogP contribution in [0.15, 0.2) is 6.33 Å². The van der Waals surface area contributed by atoms with E-state index in [9.17, 15) is 0 Å². The Balaban J connectivity index is 1.81. The van der Waals surface area contributed by atoms with Crippen LogP contribution in [0.5, 0.6) is 5.88 Å². The number of ether oxygens (including phenoxy) is 2. The predicted octanol–water partition coefficient (Wildman–Crippen LogP) is 2.18. The highest BCUT2D eigenvalue weighted by Crippen LogP contribution is 2.35. The highest BCUT2D eigenvalue weighted by molar-refractivity contribution is 7.38. The predicted molar refractivity (Wildman–Crippen MR) is 87.7 cm³/mol. The molecule has 1 aliphatic heterocycles. The van der Waals surface area contributed by atoms with Crippen LogP contribution < -0.4 is 10.5 Å². The molecule has 120 valence electrons. The maximum absolute atomic E-state index is 6.17. The summed E-state index contributed by atoms with van der Waals surface area (Å²) in [6.45, 7) is 4.50. The number of anilines is 1. The number of methoxy groups -OCH3 is 1. The summed E-state index contributed by atoms with van der Waals surface area (Å²) in [6.07, 6.45) is 5.18. The van der Waals surface area contributed by atoms with E-state index in [0.717, 1.165) is 33.2 Å². The fourth-order valence-corrected chi connectivity index (χ4v) is 3.70. The Labute approximate surface area is 131 Å². The SMILES string of the molecule is COc1nc(N)nc2c1ncn2C1CCC(CPC(C)C)O1. The van der Waals surface area contributed by atoms with Crippen molar-refractivity contribution >= 4 is 25.7 Å². The van der Waals surface area contributed by atoms with Crippen LogP contribution in [0.1, 0.15) is 32.9 Å². The molecule has 7 nitrogen and oxygen atoms in total. The summed E-state index contributed by atoms with van der Waals surface area (Å²) < 4.78 is 13.3. The van der Waals surface area contributed by atoms with Crippen LogP contribution in [0.25, 0.3) is 11.2 Å². The molecule has 2 aromatic rings. The van der Waals surface area contributed by atoms with Gasteiger partial charge in [0, 0.05) is 0 Å². The fraction of sp³-hybridized carbons (Fsp3) is 0.643. The second-order valence-electron chi connectivity index (χ2n) is 5.77. The second kappa shape index (κ2) is 6.34. The highest BCUT2D eigenvalue weighted by Gasteiger charge is 2.28. The van der Waals surface area contributed by atoms with E-state index in [2.05, 4.69) is 28.8 Å². The van der Waals surface area contributed by atoms with Crippen molar-refractivity contribution in [3.05, 3.63) is 6.33 Å². The van der Waals surface area contributed by atoms with Gasteiger partial charge in [-0.25, -0.2) is 4.98 Å². The van der Waals surface area contributed by atoms with Crippen LogP contribution in [0, 0.1) is 0 Å². The lowest BCUT2D eigenvalue weighted by molar-refractivity contribution is 0.0150. The summed E-state index contributed by atoms with van der Waals surface area (Å²) in [4.78, 5) is 12.7. The molecule has 0 radical (unpaired) electrons. The van der Waals surface area contributed by atoms with Gasteiger partial charge in [-0.15, -0.1) is 8.58 Å². The van der Waals surface area contributed by atoms with Gasteiger partial charge in [-0.3, -0.25) is 4.57 Å². The summed E-state index contributed by atoms with van der Waals surface area (Å²) in [5, 5.41) is 0. The molecule has 3 atom stereocenters. The first kappa shape index (κ1) is 15.4. The summed E-state index contributed by atoms with van der Waals surface area (Å²) in [6, 6.07) is 0. The van der Waals surface area contributed by atoms with Gasteiger partial charge in [0.1, 0.15) is 6.23 Å². The van der Waals surface area contributed by atoms with Crippen LogP contribution in [-0.2, 0) is 4.74 Å². The minimum absolute atomic E-state index is 0.0361. The summed E-state index contributed by atoms with van der Waals surface area (Å²) >= 11 is 0. The number of nitrogens with zero attached hydrogens (tertiary/aromatic N) is 4. The smallest absolute Gasteiger partial charge is 0.246 e. The van der Waals surface area contributed by atoms with Gasteiger partial charge in [0.25, 0.3) is 0 Å². The molecule has 0 bridgehead atoms. The molecule has 3 heterocycles. The second-order valence-corrected chi connectivity index (χ2v) is 7.74. The lowest BCUT2D eigenvalue weighted by Crippen LogP contribution is -2.13. The molecule has 1 fully saturated rings. The molecular formula is C14H22N5O2P. The van der Waals surface area contributed by atoms with Crippen molar-refractivity contribution in [3.63, 3.8) is 0 Å². The number of fused-ring (bicyclic) bond motifs is 1. The molecule has 2 N–H and O–H groups in total. The van der Waals surface area contributed by atoms with Crippen molar-refractivity contribution in [2.24, 2.45) is 0 Å². The van der Waals surface area contributed by atoms with Gasteiger partial charge >= 0.3 is 0 Å². The molecule has 2 aromatic heterocycles. The van der Waals surface area contributed by atoms with Crippen molar-refractivity contribution < 1.29 is 9.47 Å². The molecule has 1 aliphatic rings. The fourth-order valence-electron chi connectivity index (χ4n) is 2.67. The van der Waals surface area contributed by atoms with E-state index in [4.69, 9.17) is 15.2 Å². The zero-order valence-corrected chi connectivity index (χ0v) is 14.1. The number of hydrogen-bond acceptors (Lipinski definition) is 6. The first-order valence-electron chi connectivity index (χ1n) is 7.51. The Hall–Kier alpha value is -1.46. The van der Waals surface area contributed by atoms with Crippen LogP contribution >= 0.6 is 8.58 Å². The van der Waals surface area contributed by atoms with Crippen LogP contribution in [0.2, 0.25) is 0 Å². The number of hydrogen-bond donors (Lipinski definition) is 1. The Morgan fingerprint density at radius 1 is 1.45 bits per heavy atom. The lowest BCUT2D eigenvalue weighted by atomic mass is 10.2. The van der Waals surface area contributed by atoms with Gasteiger partial charge in [0.2, 0.25) is 11.8 Å². The van der Waals surface area contributed by atoms with Crippen LogP contribution in [0.3, 0.4) is 0 Å². The van der Waals surface area contributed by atoms with Crippen molar-refractivity contribution in [2.75, 3.05) is 19.0 Å². The maximum Gasteiger partial charge on any atom is 0.246 e. The largest absolute Gasteiger partial charge is 0.479 e. The van der Waals surface area contributed by atoms with Crippen molar-refractivity contribution in [1.82, 2.24) is 19.5 Å². The maximum atomic E-state index is 6.17. The molecule has 3 rings (SSSR count). The van der Waals surface area contributed by atoms with E-state index in [0.29, 0.717) is 23.1 Å². The first-order valence-corrected chi connectivity index (χ1v) is 8.79. The molecule has 8 heteroatoms. The molecule has 0 aliphatic carbocycles. The molecule has 0 spiro atoms. The zero-order valence-electron chi connectivity index (χ0n) is 13.1. The van der Waals surface area contributed by atoms with E-state index in [1.165, 1.54) is 0 Å². The van der Waals surface area contributed by atoms with Gasteiger partial charge in [0.15, 0.2) is 11.2 Å². The molecule has 0 aromatic carbocycles. The molecule has 0 saturated carbocycles. The Morgan fingerprint density at radius 3 is 3.00 bits per heavy atom. The summed E-state index contributed by atoms with van der Waals surface area (Å²) in [5.41, 5.74) is 7.77. The van der Waals surface area contributed by atoms with E-state index < -0.39 is 0 Å². The quantitative estimate of drug-likeness (QED) is 0.849. The zero-order chi connectivity index (χ0) is 15.7. The van der Waals surface area contributed by atoms with Gasteiger partial charge in [-0.05, 0) is 24.7 Å². The first-order chi connectivity index (χ1) is 10.6. The van der Waals surface area contributed by atoms with Gasteiger partial charge in [0.05, 0.1) is 19.5 Å². The average molecular weight is 323 g/mol.